The Balaban J connectivity index is 2.16. The van der Waals surface area contributed by atoms with Gasteiger partial charge in [-0.3, -0.25) is 0 Å². The predicted molar refractivity (Wildman–Crippen MR) is 66.1 cm³/mol. The molecule has 0 radical (unpaired) electrons. The number of hydrogen-bond donors (Lipinski definition) is 2. The summed E-state index contributed by atoms with van der Waals surface area (Å²) < 4.78 is 0. The molecule has 0 unspecified atom stereocenters. The predicted octanol–water partition coefficient (Wildman–Crippen LogP) is 2.60. The van der Waals surface area contributed by atoms with Crippen LogP contribution in [0.3, 0.4) is 0 Å². The fourth-order valence-corrected chi connectivity index (χ4v) is 2.05. The second kappa shape index (κ2) is 4.50. The number of pyridine rings is 1. The number of nitrogens with zero attached hydrogens (tertiary/aromatic N) is 2. The Bertz CT molecular complexity index is 529. The van der Waals surface area contributed by atoms with E-state index < -0.39 is 5.97 Å². The van der Waals surface area contributed by atoms with E-state index in [-0.39, 0.29) is 5.56 Å². The molecule has 0 amide bonds. The highest BCUT2D eigenvalue weighted by molar-refractivity contribution is 7.15. The number of aromatic nitrogens is 2. The molecule has 17 heavy (non-hydrogen) atoms. The number of rotatable bonds is 3. The fraction of sp³-hybridized carbons (Fsp3) is 0.182. The van der Waals surface area contributed by atoms with Crippen molar-refractivity contribution in [3.05, 3.63) is 34.5 Å². The SMILES string of the molecule is Cc1nc(Nc2ccc(C(=O)O)cn2)sc1C. The molecule has 0 aliphatic heterocycles. The molecule has 0 saturated carbocycles. The number of anilines is 2. The Kier molecular flexibility index (Phi) is 3.06. The van der Waals surface area contributed by atoms with Crippen molar-refractivity contribution in [1.82, 2.24) is 9.97 Å². The van der Waals surface area contributed by atoms with Crippen LogP contribution in [-0.2, 0) is 0 Å². The number of hydrogen-bond acceptors (Lipinski definition) is 5. The van der Waals surface area contributed by atoms with Crippen LogP contribution in [0, 0.1) is 13.8 Å². The summed E-state index contributed by atoms with van der Waals surface area (Å²) in [6.07, 6.45) is 1.32. The Morgan fingerprint density at radius 2 is 2.18 bits per heavy atom. The van der Waals surface area contributed by atoms with Gasteiger partial charge in [0.1, 0.15) is 5.82 Å². The van der Waals surface area contributed by atoms with Gasteiger partial charge in [0.2, 0.25) is 0 Å². The summed E-state index contributed by atoms with van der Waals surface area (Å²) in [6, 6.07) is 3.13. The molecule has 0 aliphatic rings. The van der Waals surface area contributed by atoms with Gasteiger partial charge in [-0.2, -0.15) is 0 Å². The third kappa shape index (κ3) is 2.59. The van der Waals surface area contributed by atoms with Crippen molar-refractivity contribution in [3.8, 4) is 0 Å². The molecule has 0 atom stereocenters. The van der Waals surface area contributed by atoms with E-state index in [2.05, 4.69) is 15.3 Å². The summed E-state index contributed by atoms with van der Waals surface area (Å²) >= 11 is 1.54. The number of nitrogens with one attached hydrogen (secondary N) is 1. The van der Waals surface area contributed by atoms with Crippen molar-refractivity contribution < 1.29 is 9.90 Å². The Hall–Kier alpha value is -1.95. The van der Waals surface area contributed by atoms with E-state index in [0.717, 1.165) is 15.7 Å². The van der Waals surface area contributed by atoms with Gasteiger partial charge in [0.15, 0.2) is 5.13 Å². The van der Waals surface area contributed by atoms with E-state index in [9.17, 15) is 4.79 Å². The van der Waals surface area contributed by atoms with E-state index in [1.807, 2.05) is 13.8 Å². The van der Waals surface area contributed by atoms with Crippen LogP contribution in [0.5, 0.6) is 0 Å². The van der Waals surface area contributed by atoms with E-state index in [0.29, 0.717) is 5.82 Å². The lowest BCUT2D eigenvalue weighted by atomic mass is 10.3. The van der Waals surface area contributed by atoms with Gasteiger partial charge in [-0.1, -0.05) is 0 Å². The number of aryl methyl sites for hydroxylation is 2. The zero-order valence-electron chi connectivity index (χ0n) is 9.39. The summed E-state index contributed by atoms with van der Waals surface area (Å²) in [4.78, 5) is 20.1. The summed E-state index contributed by atoms with van der Waals surface area (Å²) in [6.45, 7) is 3.94. The van der Waals surface area contributed by atoms with Gasteiger partial charge >= 0.3 is 5.97 Å². The number of thiazole rings is 1. The van der Waals surface area contributed by atoms with Crippen molar-refractivity contribution in [2.45, 2.75) is 13.8 Å². The monoisotopic (exact) mass is 249 g/mol. The zero-order chi connectivity index (χ0) is 12.4. The van der Waals surface area contributed by atoms with Crippen molar-refractivity contribution in [1.29, 1.82) is 0 Å². The van der Waals surface area contributed by atoms with Crippen molar-refractivity contribution in [2.24, 2.45) is 0 Å². The second-order valence-electron chi connectivity index (χ2n) is 3.52. The average Bonchev–Trinajstić information content (AvgIpc) is 2.58. The molecular formula is C11H11N3O2S. The lowest BCUT2D eigenvalue weighted by molar-refractivity contribution is 0.0696. The zero-order valence-corrected chi connectivity index (χ0v) is 10.2. The smallest absolute Gasteiger partial charge is 0.337 e. The van der Waals surface area contributed by atoms with Crippen LogP contribution < -0.4 is 5.32 Å². The first-order chi connectivity index (χ1) is 8.06. The lowest BCUT2D eigenvalue weighted by Crippen LogP contribution is -1.99. The largest absolute Gasteiger partial charge is 0.478 e. The molecule has 88 valence electrons. The Morgan fingerprint density at radius 3 is 2.65 bits per heavy atom. The van der Waals surface area contributed by atoms with E-state index >= 15 is 0 Å². The molecule has 5 nitrogen and oxygen atoms in total. The molecule has 0 bridgehead atoms. The standard InChI is InChI=1S/C11H11N3O2S/c1-6-7(2)17-11(13-6)14-9-4-3-8(5-12-9)10(15)16/h3-5H,1-2H3,(H,15,16)(H,12,13,14). The minimum absolute atomic E-state index is 0.169. The Morgan fingerprint density at radius 1 is 1.41 bits per heavy atom. The molecule has 0 saturated heterocycles. The van der Waals surface area contributed by atoms with Crippen molar-refractivity contribution in [3.63, 3.8) is 0 Å². The van der Waals surface area contributed by atoms with Gasteiger partial charge in [0, 0.05) is 11.1 Å². The summed E-state index contributed by atoms with van der Waals surface area (Å²) in [5.74, 6) is -0.395. The topological polar surface area (TPSA) is 75.1 Å². The van der Waals surface area contributed by atoms with Gasteiger partial charge in [0.25, 0.3) is 0 Å². The van der Waals surface area contributed by atoms with E-state index in [1.54, 1.807) is 17.4 Å². The van der Waals surface area contributed by atoms with Gasteiger partial charge in [-0.05, 0) is 26.0 Å². The third-order valence-corrected chi connectivity index (χ3v) is 3.26. The summed E-state index contributed by atoms with van der Waals surface area (Å²) in [7, 11) is 0. The highest BCUT2D eigenvalue weighted by atomic mass is 32.1. The van der Waals surface area contributed by atoms with Crippen LogP contribution in [0.1, 0.15) is 20.9 Å². The van der Waals surface area contributed by atoms with Gasteiger partial charge < -0.3 is 10.4 Å². The molecule has 2 aromatic heterocycles. The summed E-state index contributed by atoms with van der Waals surface area (Å²) in [5.41, 5.74) is 1.15. The van der Waals surface area contributed by atoms with E-state index in [1.165, 1.54) is 12.3 Å². The minimum atomic E-state index is -0.981. The first-order valence-corrected chi connectivity index (χ1v) is 5.78. The molecule has 2 aromatic rings. The molecule has 2 heterocycles. The lowest BCUT2D eigenvalue weighted by Gasteiger charge is -2.01. The Labute approximate surface area is 102 Å². The van der Waals surface area contributed by atoms with Crippen molar-refractivity contribution in [2.75, 3.05) is 5.32 Å². The van der Waals surface area contributed by atoms with Gasteiger partial charge in [-0.25, -0.2) is 14.8 Å². The van der Waals surface area contributed by atoms with Crippen LogP contribution in [-0.4, -0.2) is 21.0 Å². The fourth-order valence-electron chi connectivity index (χ4n) is 1.23. The van der Waals surface area contributed by atoms with Crippen LogP contribution in [0.25, 0.3) is 0 Å². The maximum absolute atomic E-state index is 10.6. The molecule has 0 aromatic carbocycles. The number of carboxylic acid groups (broad SMARTS) is 1. The number of aromatic carboxylic acids is 1. The quantitative estimate of drug-likeness (QED) is 0.874. The van der Waals surface area contributed by atoms with Gasteiger partial charge in [-0.15, -0.1) is 11.3 Å². The first kappa shape index (κ1) is 11.5. The summed E-state index contributed by atoms with van der Waals surface area (Å²) in [5, 5.41) is 12.5. The highest BCUT2D eigenvalue weighted by Gasteiger charge is 2.06. The maximum Gasteiger partial charge on any atom is 0.337 e. The third-order valence-electron chi connectivity index (χ3n) is 2.27. The molecule has 0 fully saturated rings. The highest BCUT2D eigenvalue weighted by Crippen LogP contribution is 2.23. The maximum atomic E-state index is 10.6. The van der Waals surface area contributed by atoms with Crippen LogP contribution in [0.4, 0.5) is 10.9 Å². The molecule has 0 aliphatic carbocycles. The first-order valence-electron chi connectivity index (χ1n) is 4.96. The molecule has 2 rings (SSSR count). The molecule has 6 heteroatoms. The normalized spacial score (nSPS) is 10.2. The number of carboxylic acids is 1. The number of carbonyl (C=O) groups is 1. The minimum Gasteiger partial charge on any atom is -0.478 e. The molecular weight excluding hydrogens is 238 g/mol. The van der Waals surface area contributed by atoms with E-state index in [4.69, 9.17) is 5.11 Å². The van der Waals surface area contributed by atoms with Gasteiger partial charge in [0.05, 0.1) is 11.3 Å². The van der Waals surface area contributed by atoms with Crippen molar-refractivity contribution >= 4 is 28.3 Å². The van der Waals surface area contributed by atoms with Crippen LogP contribution in [0.2, 0.25) is 0 Å². The average molecular weight is 249 g/mol. The molecule has 2 N–H and O–H groups in total. The molecule has 0 spiro atoms. The van der Waals surface area contributed by atoms with Crippen LogP contribution in [0.15, 0.2) is 18.3 Å². The van der Waals surface area contributed by atoms with Crippen LogP contribution >= 0.6 is 11.3 Å². The second-order valence-corrected chi connectivity index (χ2v) is 4.73.